The Bertz CT molecular complexity index is 549. The largest absolute Gasteiger partial charge is 0.383 e. The number of rotatable bonds is 6. The van der Waals surface area contributed by atoms with E-state index in [4.69, 9.17) is 5.73 Å². The first-order valence-corrected chi connectivity index (χ1v) is 7.09. The maximum absolute atomic E-state index is 5.58. The monoisotopic (exact) mass is 257 g/mol. The molecule has 0 fully saturated rings. The molecule has 0 saturated heterocycles. The minimum atomic E-state index is 0.637. The van der Waals surface area contributed by atoms with Crippen LogP contribution in [-0.4, -0.2) is 18.1 Å². The van der Waals surface area contributed by atoms with Gasteiger partial charge in [-0.1, -0.05) is 19.4 Å². The molecule has 3 heteroatoms. The molecule has 102 valence electrons. The third kappa shape index (κ3) is 3.44. The van der Waals surface area contributed by atoms with E-state index in [0.717, 1.165) is 29.9 Å². The number of aryl methyl sites for hydroxylation is 2. The zero-order valence-electron chi connectivity index (χ0n) is 11.9. The van der Waals surface area contributed by atoms with Crippen molar-refractivity contribution in [2.45, 2.75) is 33.1 Å². The van der Waals surface area contributed by atoms with E-state index in [2.05, 4.69) is 41.5 Å². The summed E-state index contributed by atoms with van der Waals surface area (Å²) in [6.45, 7) is 5.67. The first kappa shape index (κ1) is 13.8. The fourth-order valence-electron chi connectivity index (χ4n) is 2.29. The molecule has 0 spiro atoms. The molecule has 0 unspecified atom stereocenters. The third-order valence-electron chi connectivity index (χ3n) is 3.28. The molecular formula is C16H23N3. The molecular weight excluding hydrogens is 234 g/mol. The molecule has 0 saturated carbocycles. The van der Waals surface area contributed by atoms with E-state index in [1.165, 1.54) is 23.8 Å². The Balaban J connectivity index is 2.39. The van der Waals surface area contributed by atoms with Crippen LogP contribution in [0.1, 0.15) is 31.0 Å². The molecule has 0 atom stereocenters. The Morgan fingerprint density at radius 1 is 1.26 bits per heavy atom. The molecule has 1 aromatic carbocycles. The summed E-state index contributed by atoms with van der Waals surface area (Å²) in [6, 6.07) is 8.68. The Kier molecular flexibility index (Phi) is 4.74. The molecule has 3 nitrogen and oxygen atoms in total. The lowest BCUT2D eigenvalue weighted by molar-refractivity contribution is 0.796. The number of unbranched alkanes of at least 4 members (excludes halogenated alkanes) is 1. The van der Waals surface area contributed by atoms with Gasteiger partial charge in [0.15, 0.2) is 0 Å². The number of pyridine rings is 1. The Labute approximate surface area is 115 Å². The normalized spacial score (nSPS) is 10.9. The highest BCUT2D eigenvalue weighted by Crippen LogP contribution is 2.25. The van der Waals surface area contributed by atoms with Crippen molar-refractivity contribution in [2.75, 3.05) is 18.4 Å². The Morgan fingerprint density at radius 2 is 2.11 bits per heavy atom. The molecule has 0 amide bonds. The van der Waals surface area contributed by atoms with Gasteiger partial charge in [-0.05, 0) is 43.5 Å². The van der Waals surface area contributed by atoms with E-state index in [1.54, 1.807) is 0 Å². The number of nitrogens with zero attached hydrogens (tertiary/aromatic N) is 1. The van der Waals surface area contributed by atoms with Crippen LogP contribution in [0.5, 0.6) is 0 Å². The van der Waals surface area contributed by atoms with Crippen LogP contribution in [0.15, 0.2) is 24.3 Å². The van der Waals surface area contributed by atoms with E-state index < -0.39 is 0 Å². The van der Waals surface area contributed by atoms with E-state index in [9.17, 15) is 0 Å². The molecule has 0 radical (unpaired) electrons. The lowest BCUT2D eigenvalue weighted by atomic mass is 10.0. The molecule has 1 aromatic heterocycles. The van der Waals surface area contributed by atoms with Crippen molar-refractivity contribution >= 4 is 16.6 Å². The van der Waals surface area contributed by atoms with Gasteiger partial charge >= 0.3 is 0 Å². The van der Waals surface area contributed by atoms with Crippen molar-refractivity contribution in [2.24, 2.45) is 5.73 Å². The number of hydrogen-bond donors (Lipinski definition) is 2. The van der Waals surface area contributed by atoms with Crippen molar-refractivity contribution in [1.29, 1.82) is 0 Å². The summed E-state index contributed by atoms with van der Waals surface area (Å²) in [4.78, 5) is 4.59. The molecule has 2 aromatic rings. The third-order valence-corrected chi connectivity index (χ3v) is 3.28. The molecule has 2 rings (SSSR count). The number of benzene rings is 1. The van der Waals surface area contributed by atoms with Gasteiger partial charge in [0.1, 0.15) is 0 Å². The van der Waals surface area contributed by atoms with Crippen LogP contribution in [0.3, 0.4) is 0 Å². The highest BCUT2D eigenvalue weighted by molar-refractivity contribution is 5.92. The number of nitrogens with one attached hydrogen (secondary N) is 1. The second-order valence-corrected chi connectivity index (χ2v) is 4.98. The van der Waals surface area contributed by atoms with Crippen molar-refractivity contribution in [3.63, 3.8) is 0 Å². The maximum Gasteiger partial charge on any atom is 0.0726 e. The Morgan fingerprint density at radius 3 is 2.84 bits per heavy atom. The summed E-state index contributed by atoms with van der Waals surface area (Å²) in [5.41, 5.74) is 10.2. The van der Waals surface area contributed by atoms with Crippen LogP contribution in [0.25, 0.3) is 10.9 Å². The van der Waals surface area contributed by atoms with Crippen LogP contribution >= 0.6 is 0 Å². The highest BCUT2D eigenvalue weighted by Gasteiger charge is 2.05. The van der Waals surface area contributed by atoms with Gasteiger partial charge in [-0.25, -0.2) is 0 Å². The van der Waals surface area contributed by atoms with E-state index in [-0.39, 0.29) is 0 Å². The van der Waals surface area contributed by atoms with Crippen LogP contribution in [0.4, 0.5) is 5.69 Å². The summed E-state index contributed by atoms with van der Waals surface area (Å²) >= 11 is 0. The van der Waals surface area contributed by atoms with Gasteiger partial charge in [0.25, 0.3) is 0 Å². The molecule has 19 heavy (non-hydrogen) atoms. The van der Waals surface area contributed by atoms with Gasteiger partial charge in [0.2, 0.25) is 0 Å². The molecule has 1 heterocycles. The number of hydrogen-bond acceptors (Lipinski definition) is 3. The lowest BCUT2D eigenvalue weighted by Crippen LogP contribution is -2.13. The van der Waals surface area contributed by atoms with Crippen molar-refractivity contribution in [3.8, 4) is 0 Å². The average Bonchev–Trinajstić information content (AvgIpc) is 2.42. The van der Waals surface area contributed by atoms with Crippen LogP contribution in [0.2, 0.25) is 0 Å². The maximum atomic E-state index is 5.58. The van der Waals surface area contributed by atoms with Crippen LogP contribution in [0, 0.1) is 6.92 Å². The van der Waals surface area contributed by atoms with Crippen LogP contribution in [-0.2, 0) is 6.42 Å². The van der Waals surface area contributed by atoms with Gasteiger partial charge in [0, 0.05) is 29.9 Å². The molecule has 0 aliphatic heterocycles. The van der Waals surface area contributed by atoms with Crippen molar-refractivity contribution < 1.29 is 0 Å². The first-order valence-electron chi connectivity index (χ1n) is 7.09. The van der Waals surface area contributed by atoms with E-state index in [1.807, 2.05) is 6.92 Å². The summed E-state index contributed by atoms with van der Waals surface area (Å²) in [5.74, 6) is 0. The molecule has 0 bridgehead atoms. The van der Waals surface area contributed by atoms with Gasteiger partial charge < -0.3 is 11.1 Å². The minimum Gasteiger partial charge on any atom is -0.383 e. The van der Waals surface area contributed by atoms with E-state index in [0.29, 0.717) is 6.54 Å². The van der Waals surface area contributed by atoms with Gasteiger partial charge in [-0.3, -0.25) is 4.98 Å². The van der Waals surface area contributed by atoms with Gasteiger partial charge in [-0.2, -0.15) is 0 Å². The minimum absolute atomic E-state index is 0.637. The zero-order valence-corrected chi connectivity index (χ0v) is 11.9. The summed E-state index contributed by atoms with van der Waals surface area (Å²) < 4.78 is 0. The standard InChI is InChI=1S/C16H23N3/c1-3-4-5-13-6-7-15-14(11-13)16(18-9-8-17)10-12(2)19-15/h6-7,10-11H,3-5,8-9,17H2,1-2H3,(H,18,19). The molecule has 0 aliphatic rings. The zero-order chi connectivity index (χ0) is 13.7. The molecule has 0 aliphatic carbocycles. The second kappa shape index (κ2) is 6.53. The smallest absolute Gasteiger partial charge is 0.0726 e. The van der Waals surface area contributed by atoms with Crippen molar-refractivity contribution in [3.05, 3.63) is 35.5 Å². The number of anilines is 1. The Hall–Kier alpha value is -1.61. The average molecular weight is 257 g/mol. The fourth-order valence-corrected chi connectivity index (χ4v) is 2.29. The van der Waals surface area contributed by atoms with Crippen LogP contribution < -0.4 is 11.1 Å². The van der Waals surface area contributed by atoms with E-state index >= 15 is 0 Å². The molecule has 3 N–H and O–H groups in total. The summed E-state index contributed by atoms with van der Waals surface area (Å²) in [6.07, 6.45) is 3.59. The van der Waals surface area contributed by atoms with Crippen molar-refractivity contribution in [1.82, 2.24) is 4.98 Å². The number of nitrogens with two attached hydrogens (primary N) is 1. The fraction of sp³-hybridized carbons (Fsp3) is 0.438. The predicted molar refractivity (Wildman–Crippen MR) is 82.6 cm³/mol. The first-order chi connectivity index (χ1) is 9.24. The quantitative estimate of drug-likeness (QED) is 0.835. The summed E-state index contributed by atoms with van der Waals surface area (Å²) in [5, 5.41) is 4.60. The van der Waals surface area contributed by atoms with Gasteiger partial charge in [0.05, 0.1) is 5.52 Å². The SMILES string of the molecule is CCCCc1ccc2nc(C)cc(NCCN)c2c1. The summed E-state index contributed by atoms with van der Waals surface area (Å²) in [7, 11) is 0. The topological polar surface area (TPSA) is 50.9 Å². The number of fused-ring (bicyclic) bond motifs is 1. The predicted octanol–water partition coefficient (Wildman–Crippen LogP) is 3.26. The highest BCUT2D eigenvalue weighted by atomic mass is 14.9. The van der Waals surface area contributed by atoms with Gasteiger partial charge in [-0.15, -0.1) is 0 Å². The number of aromatic nitrogens is 1. The lowest BCUT2D eigenvalue weighted by Gasteiger charge is -2.11. The second-order valence-electron chi connectivity index (χ2n) is 4.98.